The molecule has 0 aliphatic rings. The molecule has 0 atom stereocenters. The molecule has 112 valence electrons. The van der Waals surface area contributed by atoms with Gasteiger partial charge < -0.3 is 5.32 Å². The van der Waals surface area contributed by atoms with Crippen molar-refractivity contribution in [2.24, 2.45) is 0 Å². The molecule has 3 aromatic rings. The fraction of sp³-hybridized carbons (Fsp3) is 0.0588. The highest BCUT2D eigenvalue weighted by molar-refractivity contribution is 6.04. The van der Waals surface area contributed by atoms with Crippen molar-refractivity contribution in [2.45, 2.75) is 6.54 Å². The monoisotopic (exact) mass is 303 g/mol. The third-order valence-electron chi connectivity index (χ3n) is 3.23. The second kappa shape index (κ2) is 6.54. The number of nitrogens with one attached hydrogen (secondary N) is 1. The van der Waals surface area contributed by atoms with Crippen molar-refractivity contribution >= 4 is 11.6 Å². The summed E-state index contributed by atoms with van der Waals surface area (Å²) in [5.74, 6) is -0.0147. The molecule has 0 unspecified atom stereocenters. The maximum atomic E-state index is 12.2. The first-order chi connectivity index (χ1) is 11.2. The van der Waals surface area contributed by atoms with E-state index in [1.165, 1.54) is 6.33 Å². The number of aromatic nitrogens is 3. The summed E-state index contributed by atoms with van der Waals surface area (Å²) in [5.41, 5.74) is 2.30. The van der Waals surface area contributed by atoms with Crippen LogP contribution in [0.15, 0.2) is 60.9 Å². The highest BCUT2D eigenvalue weighted by Gasteiger charge is 2.06. The lowest BCUT2D eigenvalue weighted by Crippen LogP contribution is -2.11. The van der Waals surface area contributed by atoms with Crippen molar-refractivity contribution in [1.82, 2.24) is 14.8 Å². The Balaban J connectivity index is 1.67. The number of nitriles is 1. The number of nitrogens with zero attached hydrogens (tertiary/aromatic N) is 4. The summed E-state index contributed by atoms with van der Waals surface area (Å²) >= 11 is 0. The second-order valence-corrected chi connectivity index (χ2v) is 4.89. The van der Waals surface area contributed by atoms with Crippen LogP contribution in [0.3, 0.4) is 0 Å². The summed E-state index contributed by atoms with van der Waals surface area (Å²) in [6.45, 7) is 0.495. The summed E-state index contributed by atoms with van der Waals surface area (Å²) in [6, 6.07) is 18.4. The van der Waals surface area contributed by atoms with E-state index in [4.69, 9.17) is 5.26 Å². The van der Waals surface area contributed by atoms with E-state index >= 15 is 0 Å². The van der Waals surface area contributed by atoms with E-state index in [0.29, 0.717) is 12.1 Å². The average molecular weight is 303 g/mol. The number of hydrogen-bond donors (Lipinski definition) is 1. The van der Waals surface area contributed by atoms with Crippen molar-refractivity contribution in [3.05, 3.63) is 77.9 Å². The molecule has 1 amide bonds. The number of amides is 1. The topological polar surface area (TPSA) is 83.6 Å². The van der Waals surface area contributed by atoms with Crippen LogP contribution in [0.4, 0.5) is 5.69 Å². The maximum absolute atomic E-state index is 12.2. The summed E-state index contributed by atoms with van der Waals surface area (Å²) < 4.78 is 1.58. The molecule has 2 aromatic carbocycles. The van der Waals surface area contributed by atoms with Crippen molar-refractivity contribution < 1.29 is 4.79 Å². The highest BCUT2D eigenvalue weighted by Crippen LogP contribution is 2.10. The first-order valence-corrected chi connectivity index (χ1v) is 6.99. The lowest BCUT2D eigenvalue weighted by Gasteiger charge is -2.06. The Morgan fingerprint density at radius 3 is 2.52 bits per heavy atom. The molecule has 0 saturated heterocycles. The molecular formula is C17H13N5O. The van der Waals surface area contributed by atoms with Gasteiger partial charge in [0.1, 0.15) is 12.4 Å². The molecule has 0 bridgehead atoms. The average Bonchev–Trinajstić information content (AvgIpc) is 3.04. The Labute approximate surface area is 133 Å². The summed E-state index contributed by atoms with van der Waals surface area (Å²) in [4.78, 5) is 16.0. The van der Waals surface area contributed by atoms with Gasteiger partial charge in [0.15, 0.2) is 0 Å². The highest BCUT2D eigenvalue weighted by atomic mass is 16.1. The van der Waals surface area contributed by atoms with Crippen LogP contribution in [0, 0.1) is 11.3 Å². The molecule has 0 saturated carbocycles. The first-order valence-electron chi connectivity index (χ1n) is 6.99. The predicted molar refractivity (Wildman–Crippen MR) is 84.7 cm³/mol. The fourth-order valence-electron chi connectivity index (χ4n) is 2.10. The lowest BCUT2D eigenvalue weighted by atomic mass is 10.1. The Hall–Kier alpha value is -3.46. The van der Waals surface area contributed by atoms with Crippen molar-refractivity contribution in [2.75, 3.05) is 5.32 Å². The van der Waals surface area contributed by atoms with Gasteiger partial charge >= 0.3 is 0 Å². The zero-order chi connectivity index (χ0) is 16.1. The van der Waals surface area contributed by atoms with Gasteiger partial charge in [0.05, 0.1) is 6.54 Å². The minimum atomic E-state index is -0.157. The van der Waals surface area contributed by atoms with Crippen LogP contribution in [0.1, 0.15) is 21.7 Å². The molecule has 1 aromatic heterocycles. The van der Waals surface area contributed by atoms with E-state index in [0.717, 1.165) is 11.3 Å². The Morgan fingerprint density at radius 1 is 1.13 bits per heavy atom. The molecule has 3 rings (SSSR count). The molecule has 1 N–H and O–H groups in total. The van der Waals surface area contributed by atoms with Gasteiger partial charge in [-0.2, -0.15) is 5.26 Å². The Bertz CT molecular complexity index is 847. The third-order valence-corrected chi connectivity index (χ3v) is 3.23. The summed E-state index contributed by atoms with van der Waals surface area (Å²) in [5, 5.41) is 15.5. The van der Waals surface area contributed by atoms with Gasteiger partial charge in [0.25, 0.3) is 11.7 Å². The van der Waals surface area contributed by atoms with Crippen LogP contribution in [0.25, 0.3) is 0 Å². The fourth-order valence-corrected chi connectivity index (χ4v) is 2.10. The van der Waals surface area contributed by atoms with Gasteiger partial charge in [-0.15, -0.1) is 5.10 Å². The molecule has 23 heavy (non-hydrogen) atoms. The van der Waals surface area contributed by atoms with Gasteiger partial charge in [-0.25, -0.2) is 9.67 Å². The van der Waals surface area contributed by atoms with E-state index in [1.807, 2.05) is 48.5 Å². The Morgan fingerprint density at radius 2 is 1.87 bits per heavy atom. The van der Waals surface area contributed by atoms with Crippen LogP contribution >= 0.6 is 0 Å². The van der Waals surface area contributed by atoms with Crippen molar-refractivity contribution in [3.63, 3.8) is 0 Å². The predicted octanol–water partition coefficient (Wildman–Crippen LogP) is 2.45. The molecular weight excluding hydrogens is 290 g/mol. The molecule has 1 heterocycles. The van der Waals surface area contributed by atoms with Crippen LogP contribution in [-0.4, -0.2) is 20.7 Å². The van der Waals surface area contributed by atoms with Crippen LogP contribution in [0.5, 0.6) is 0 Å². The SMILES string of the molecule is N#Cc1ncn(Cc2ccc(C(=O)Nc3ccccc3)cc2)n1. The molecule has 6 nitrogen and oxygen atoms in total. The van der Waals surface area contributed by atoms with E-state index in [1.54, 1.807) is 16.8 Å². The van der Waals surface area contributed by atoms with Gasteiger partial charge in [-0.1, -0.05) is 30.3 Å². The summed E-state index contributed by atoms with van der Waals surface area (Å²) in [6.07, 6.45) is 1.51. The number of para-hydroxylation sites is 1. The molecule has 0 aliphatic heterocycles. The van der Waals surface area contributed by atoms with Crippen molar-refractivity contribution in [1.29, 1.82) is 5.26 Å². The standard InChI is InChI=1S/C17H13N5O/c18-10-16-19-12-22(21-16)11-13-6-8-14(9-7-13)17(23)20-15-4-2-1-3-5-15/h1-9,12H,11H2,(H,20,23). The molecule has 0 aliphatic carbocycles. The number of anilines is 1. The van der Waals surface area contributed by atoms with E-state index in [9.17, 15) is 4.79 Å². The van der Waals surface area contributed by atoms with Crippen LogP contribution < -0.4 is 5.32 Å². The smallest absolute Gasteiger partial charge is 0.255 e. The number of carbonyl (C=O) groups excluding carboxylic acids is 1. The largest absolute Gasteiger partial charge is 0.322 e. The quantitative estimate of drug-likeness (QED) is 0.802. The van der Waals surface area contributed by atoms with Crippen molar-refractivity contribution in [3.8, 4) is 6.07 Å². The van der Waals surface area contributed by atoms with Gasteiger partial charge in [0, 0.05) is 11.3 Å². The molecule has 0 spiro atoms. The van der Waals surface area contributed by atoms with Crippen LogP contribution in [-0.2, 0) is 6.54 Å². The van der Waals surface area contributed by atoms with E-state index < -0.39 is 0 Å². The zero-order valence-corrected chi connectivity index (χ0v) is 12.2. The lowest BCUT2D eigenvalue weighted by molar-refractivity contribution is 0.102. The number of hydrogen-bond acceptors (Lipinski definition) is 4. The van der Waals surface area contributed by atoms with Gasteiger partial charge in [0.2, 0.25) is 0 Å². The number of benzene rings is 2. The molecule has 0 radical (unpaired) electrons. The molecule has 6 heteroatoms. The zero-order valence-electron chi connectivity index (χ0n) is 12.2. The first kappa shape index (κ1) is 14.5. The van der Waals surface area contributed by atoms with E-state index in [-0.39, 0.29) is 11.7 Å². The van der Waals surface area contributed by atoms with E-state index in [2.05, 4.69) is 15.4 Å². The number of carbonyl (C=O) groups is 1. The molecule has 0 fully saturated rings. The minimum Gasteiger partial charge on any atom is -0.322 e. The minimum absolute atomic E-state index is 0.142. The maximum Gasteiger partial charge on any atom is 0.255 e. The Kier molecular flexibility index (Phi) is 4.11. The second-order valence-electron chi connectivity index (χ2n) is 4.89. The number of rotatable bonds is 4. The van der Waals surface area contributed by atoms with Gasteiger partial charge in [-0.05, 0) is 29.8 Å². The third kappa shape index (κ3) is 3.60. The summed E-state index contributed by atoms with van der Waals surface area (Å²) in [7, 11) is 0. The van der Waals surface area contributed by atoms with Crippen LogP contribution in [0.2, 0.25) is 0 Å². The normalized spacial score (nSPS) is 10.0. The van der Waals surface area contributed by atoms with Gasteiger partial charge in [-0.3, -0.25) is 4.79 Å².